The molecule has 1 saturated heterocycles. The highest BCUT2D eigenvalue weighted by atomic mass is 32.2. The summed E-state index contributed by atoms with van der Waals surface area (Å²) in [5.74, 6) is 1.44. The normalized spacial score (nSPS) is 17.3. The highest BCUT2D eigenvalue weighted by Crippen LogP contribution is 2.28. The van der Waals surface area contributed by atoms with Crippen molar-refractivity contribution >= 4 is 40.9 Å². The lowest BCUT2D eigenvalue weighted by atomic mass is 10.3. The second-order valence-corrected chi connectivity index (χ2v) is 8.19. The van der Waals surface area contributed by atoms with E-state index in [1.165, 1.54) is 50.3 Å². The molecule has 3 heterocycles. The van der Waals surface area contributed by atoms with Crippen LogP contribution >= 0.6 is 24.0 Å². The highest BCUT2D eigenvalue weighted by molar-refractivity contribution is 7.99. The first-order valence-corrected chi connectivity index (χ1v) is 10.7. The first-order valence-electron chi connectivity index (χ1n) is 9.43. The molecule has 2 aromatic rings. The third-order valence-corrected chi connectivity index (χ3v) is 5.80. The van der Waals surface area contributed by atoms with E-state index in [4.69, 9.17) is 17.2 Å². The van der Waals surface area contributed by atoms with Crippen LogP contribution in [-0.2, 0) is 0 Å². The van der Waals surface area contributed by atoms with Gasteiger partial charge in [0.2, 0.25) is 5.95 Å². The molecule has 142 valence electrons. The predicted molar refractivity (Wildman–Crippen MR) is 111 cm³/mol. The van der Waals surface area contributed by atoms with E-state index < -0.39 is 0 Å². The molecular weight excluding hydrogens is 378 g/mol. The van der Waals surface area contributed by atoms with Gasteiger partial charge in [-0.25, -0.2) is 15.0 Å². The molecule has 0 unspecified atom stereocenters. The minimum absolute atomic E-state index is 0.457. The van der Waals surface area contributed by atoms with Gasteiger partial charge in [-0.05, 0) is 55.7 Å². The van der Waals surface area contributed by atoms with E-state index >= 15 is 0 Å². The Kier molecular flexibility index (Phi) is 5.98. The zero-order chi connectivity index (χ0) is 18.5. The van der Waals surface area contributed by atoms with Crippen LogP contribution in [0.25, 0.3) is 0 Å². The summed E-state index contributed by atoms with van der Waals surface area (Å²) in [4.78, 5) is 20.2. The minimum Gasteiger partial charge on any atom is -0.360 e. The largest absolute Gasteiger partial charge is 0.360 e. The monoisotopic (exact) mass is 401 g/mol. The zero-order valence-electron chi connectivity index (χ0n) is 15.1. The first kappa shape index (κ1) is 18.4. The number of anilines is 2. The van der Waals surface area contributed by atoms with E-state index in [1.807, 2.05) is 6.07 Å². The lowest BCUT2D eigenvalue weighted by Crippen LogP contribution is -2.36. The average molecular weight is 402 g/mol. The molecule has 0 bridgehead atoms. The number of nitrogens with one attached hydrogen (secondary N) is 2. The molecule has 2 aromatic heterocycles. The van der Waals surface area contributed by atoms with Gasteiger partial charge in [-0.1, -0.05) is 12.8 Å². The third-order valence-electron chi connectivity index (χ3n) is 4.77. The van der Waals surface area contributed by atoms with Crippen molar-refractivity contribution in [2.45, 2.75) is 54.7 Å². The fourth-order valence-corrected chi connectivity index (χ4v) is 4.42. The molecule has 1 aliphatic carbocycles. The first-order chi connectivity index (χ1) is 13.3. The van der Waals surface area contributed by atoms with Crippen LogP contribution < -0.4 is 15.5 Å². The summed E-state index contributed by atoms with van der Waals surface area (Å²) in [6.45, 7) is 2.04. The number of rotatable bonds is 5. The molecule has 0 amide bonds. The van der Waals surface area contributed by atoms with E-state index in [9.17, 15) is 0 Å². The van der Waals surface area contributed by atoms with Crippen molar-refractivity contribution < 1.29 is 0 Å². The smallest absolute Gasteiger partial charge is 0.232 e. The number of hydrogen-bond donors (Lipinski definition) is 2. The summed E-state index contributed by atoms with van der Waals surface area (Å²) in [5.41, 5.74) is 0. The molecular formula is C18H23N7S2. The minimum atomic E-state index is 0.457. The van der Waals surface area contributed by atoms with Gasteiger partial charge in [0.05, 0.1) is 0 Å². The van der Waals surface area contributed by atoms with Gasteiger partial charge in [-0.2, -0.15) is 4.98 Å². The van der Waals surface area contributed by atoms with E-state index in [0.29, 0.717) is 22.3 Å². The molecule has 1 aliphatic heterocycles. The van der Waals surface area contributed by atoms with Crippen LogP contribution in [0.2, 0.25) is 0 Å². The van der Waals surface area contributed by atoms with Crippen molar-refractivity contribution in [3.05, 3.63) is 24.5 Å². The van der Waals surface area contributed by atoms with Crippen LogP contribution in [0.5, 0.6) is 0 Å². The van der Waals surface area contributed by atoms with Gasteiger partial charge in [0.25, 0.3) is 0 Å². The lowest BCUT2D eigenvalue weighted by Gasteiger charge is -2.19. The van der Waals surface area contributed by atoms with E-state index in [-0.39, 0.29) is 0 Å². The Balaban J connectivity index is 1.52. The topological polar surface area (TPSA) is 78.9 Å². The summed E-state index contributed by atoms with van der Waals surface area (Å²) >= 11 is 6.91. The molecule has 2 aliphatic rings. The van der Waals surface area contributed by atoms with Gasteiger partial charge in [-0.3, -0.25) is 0 Å². The van der Waals surface area contributed by atoms with E-state index in [1.54, 1.807) is 18.5 Å². The summed E-state index contributed by atoms with van der Waals surface area (Å²) in [5, 5.41) is 8.62. The Bertz CT molecular complexity index is 775. The molecule has 0 atom stereocenters. The summed E-state index contributed by atoms with van der Waals surface area (Å²) in [6.07, 6.45) is 10.7. The van der Waals surface area contributed by atoms with Crippen LogP contribution in [-0.4, -0.2) is 44.2 Å². The Labute approximate surface area is 168 Å². The third kappa shape index (κ3) is 5.04. The molecule has 0 radical (unpaired) electrons. The second kappa shape index (κ2) is 8.79. The maximum atomic E-state index is 5.48. The number of thiocarbonyl (C=S) groups is 1. The molecule has 27 heavy (non-hydrogen) atoms. The lowest BCUT2D eigenvalue weighted by molar-refractivity contribution is 0.634. The van der Waals surface area contributed by atoms with Crippen LogP contribution in [0.15, 0.2) is 34.7 Å². The van der Waals surface area contributed by atoms with Crippen molar-refractivity contribution in [2.24, 2.45) is 0 Å². The molecule has 7 nitrogen and oxygen atoms in total. The average Bonchev–Trinajstić information content (AvgIpc) is 3.36. The maximum absolute atomic E-state index is 5.48. The van der Waals surface area contributed by atoms with Crippen LogP contribution in [0.4, 0.5) is 11.8 Å². The Morgan fingerprint density at radius 1 is 1.07 bits per heavy atom. The molecule has 2 N–H and O–H groups in total. The fourth-order valence-electron chi connectivity index (χ4n) is 3.45. The van der Waals surface area contributed by atoms with Crippen molar-refractivity contribution in [2.75, 3.05) is 23.3 Å². The molecule has 9 heteroatoms. The van der Waals surface area contributed by atoms with Gasteiger partial charge >= 0.3 is 0 Å². The number of aromatic nitrogens is 4. The Morgan fingerprint density at radius 3 is 2.56 bits per heavy atom. The zero-order valence-corrected chi connectivity index (χ0v) is 16.7. The molecule has 1 saturated carbocycles. The molecule has 0 spiro atoms. The highest BCUT2D eigenvalue weighted by Gasteiger charge is 2.19. The Hall–Kier alpha value is -2.00. The fraction of sp³-hybridized carbons (Fsp3) is 0.500. The van der Waals surface area contributed by atoms with Gasteiger partial charge < -0.3 is 15.5 Å². The van der Waals surface area contributed by atoms with Crippen molar-refractivity contribution in [3.8, 4) is 0 Å². The Morgan fingerprint density at radius 2 is 1.81 bits per heavy atom. The molecule has 4 rings (SSSR count). The summed E-state index contributed by atoms with van der Waals surface area (Å²) in [7, 11) is 0. The standard InChI is InChI=1S/C18H23N7S2/c26-17(21-13-6-1-2-7-13)24-16-22-14(25-10-3-4-11-25)12-15(23-16)27-18-19-8-5-9-20-18/h5,8-9,12-13H,1-4,6-7,10-11H2,(H2,21,22,23,24,26). The van der Waals surface area contributed by atoms with Gasteiger partial charge in [0.1, 0.15) is 10.8 Å². The quantitative estimate of drug-likeness (QED) is 0.446. The van der Waals surface area contributed by atoms with Gasteiger partial charge in [-0.15, -0.1) is 0 Å². The van der Waals surface area contributed by atoms with Crippen molar-refractivity contribution in [3.63, 3.8) is 0 Å². The summed E-state index contributed by atoms with van der Waals surface area (Å²) < 4.78 is 0. The molecule has 2 fully saturated rings. The SMILES string of the molecule is S=C(Nc1nc(Sc2ncccn2)cc(N2CCCC2)n1)NC1CCCC1. The van der Waals surface area contributed by atoms with E-state index in [2.05, 4.69) is 30.5 Å². The molecule has 0 aromatic carbocycles. The van der Waals surface area contributed by atoms with E-state index in [0.717, 1.165) is 23.9 Å². The predicted octanol–water partition coefficient (Wildman–Crippen LogP) is 3.25. The number of nitrogens with zero attached hydrogens (tertiary/aromatic N) is 5. The van der Waals surface area contributed by atoms with Crippen molar-refractivity contribution in [1.82, 2.24) is 25.3 Å². The van der Waals surface area contributed by atoms with Crippen LogP contribution in [0.1, 0.15) is 38.5 Å². The maximum Gasteiger partial charge on any atom is 0.232 e. The van der Waals surface area contributed by atoms with Gasteiger partial charge in [0.15, 0.2) is 10.3 Å². The number of hydrogen-bond acceptors (Lipinski definition) is 7. The van der Waals surface area contributed by atoms with Gasteiger partial charge in [0, 0.05) is 37.6 Å². The van der Waals surface area contributed by atoms with Crippen LogP contribution in [0, 0.1) is 0 Å². The summed E-state index contributed by atoms with van der Waals surface area (Å²) in [6, 6.07) is 4.27. The van der Waals surface area contributed by atoms with Crippen LogP contribution in [0.3, 0.4) is 0 Å². The second-order valence-electron chi connectivity index (χ2n) is 6.80. The van der Waals surface area contributed by atoms with Crippen molar-refractivity contribution in [1.29, 1.82) is 0 Å².